The van der Waals surface area contributed by atoms with Gasteiger partial charge in [0.2, 0.25) is 0 Å². The lowest BCUT2D eigenvalue weighted by Gasteiger charge is -2.05. The Hall–Kier alpha value is -1.51. The summed E-state index contributed by atoms with van der Waals surface area (Å²) in [4.78, 5) is 12.0. The van der Waals surface area contributed by atoms with Crippen molar-refractivity contribution < 1.29 is 0 Å². The van der Waals surface area contributed by atoms with Crippen LogP contribution in [0.2, 0.25) is 0 Å². The van der Waals surface area contributed by atoms with Gasteiger partial charge in [0.25, 0.3) is 5.56 Å². The van der Waals surface area contributed by atoms with E-state index in [4.69, 9.17) is 0 Å². The number of hydrogen-bond donors (Lipinski definition) is 0. The van der Waals surface area contributed by atoms with Crippen molar-refractivity contribution in [2.45, 2.75) is 26.3 Å². The van der Waals surface area contributed by atoms with Crippen LogP contribution < -0.4 is 5.56 Å². The highest BCUT2D eigenvalue weighted by atomic mass is 16.1. The van der Waals surface area contributed by atoms with Gasteiger partial charge in [0.1, 0.15) is 0 Å². The molecule has 0 radical (unpaired) electrons. The quantitative estimate of drug-likeness (QED) is 0.752. The molecule has 2 rings (SSSR count). The van der Waals surface area contributed by atoms with Gasteiger partial charge in [-0.1, -0.05) is 25.5 Å². The molecule has 0 N–H and O–H groups in total. The lowest BCUT2D eigenvalue weighted by atomic mass is 10.2. The van der Waals surface area contributed by atoms with Crippen LogP contribution in [0.3, 0.4) is 0 Å². The van der Waals surface area contributed by atoms with Crippen LogP contribution in [0.1, 0.15) is 19.8 Å². The van der Waals surface area contributed by atoms with Gasteiger partial charge in [-0.2, -0.15) is 0 Å². The minimum atomic E-state index is 0.126. The number of rotatable bonds is 3. The van der Waals surface area contributed by atoms with Crippen LogP contribution >= 0.6 is 0 Å². The molecule has 2 aromatic rings. The van der Waals surface area contributed by atoms with Crippen LogP contribution in [-0.2, 0) is 13.6 Å². The van der Waals surface area contributed by atoms with Crippen molar-refractivity contribution in [1.29, 1.82) is 0 Å². The summed E-state index contributed by atoms with van der Waals surface area (Å²) in [6.45, 7) is 2.94. The van der Waals surface area contributed by atoms with Crippen LogP contribution in [0, 0.1) is 0 Å². The van der Waals surface area contributed by atoms with E-state index in [1.807, 2.05) is 40.7 Å². The minimum absolute atomic E-state index is 0.126. The summed E-state index contributed by atoms with van der Waals surface area (Å²) in [5, 5.41) is 0.816. The van der Waals surface area contributed by atoms with Crippen LogP contribution in [0.4, 0.5) is 0 Å². The van der Waals surface area contributed by atoms with Gasteiger partial charge in [0.15, 0.2) is 0 Å². The summed E-state index contributed by atoms with van der Waals surface area (Å²) in [6.07, 6.45) is 2.15. The first-order chi connectivity index (χ1) is 7.25. The number of aryl methyl sites for hydroxylation is 1. The molecule has 0 unspecified atom stereocenters. The van der Waals surface area contributed by atoms with Crippen LogP contribution in [0.25, 0.3) is 10.9 Å². The lowest BCUT2D eigenvalue weighted by Crippen LogP contribution is -2.21. The summed E-state index contributed by atoms with van der Waals surface area (Å²) in [6, 6.07) is 7.75. The highest BCUT2D eigenvalue weighted by molar-refractivity contribution is 5.78. The molecule has 0 aliphatic carbocycles. The van der Waals surface area contributed by atoms with Crippen molar-refractivity contribution in [3.05, 3.63) is 34.6 Å². The molecule has 1 heterocycles. The van der Waals surface area contributed by atoms with Gasteiger partial charge < -0.3 is 0 Å². The number of aromatic nitrogens is 2. The standard InChI is InChI=1S/C12H16N2O/c1-3-4-9-14-12(15)10-7-5-6-8-11(10)13(14)2/h5-8H,3-4,9H2,1-2H3. The second kappa shape index (κ2) is 3.93. The van der Waals surface area contributed by atoms with Crippen LogP contribution in [-0.4, -0.2) is 9.36 Å². The smallest absolute Gasteiger partial charge is 0.274 e. The second-order valence-electron chi connectivity index (χ2n) is 3.82. The Balaban J connectivity index is 2.60. The van der Waals surface area contributed by atoms with E-state index in [-0.39, 0.29) is 5.56 Å². The minimum Gasteiger partial charge on any atom is -0.285 e. The van der Waals surface area contributed by atoms with E-state index in [9.17, 15) is 4.79 Å². The Morgan fingerprint density at radius 2 is 2.00 bits per heavy atom. The zero-order valence-electron chi connectivity index (χ0n) is 9.23. The van der Waals surface area contributed by atoms with Crippen LogP contribution in [0.15, 0.2) is 29.1 Å². The van der Waals surface area contributed by atoms with E-state index in [0.717, 1.165) is 30.3 Å². The number of para-hydroxylation sites is 1. The maximum absolute atomic E-state index is 12.0. The number of fused-ring (bicyclic) bond motifs is 1. The Morgan fingerprint density at radius 1 is 1.27 bits per heavy atom. The van der Waals surface area contributed by atoms with Gasteiger partial charge in [-0.05, 0) is 18.6 Å². The average Bonchev–Trinajstić information content (AvgIpc) is 2.51. The third-order valence-electron chi connectivity index (χ3n) is 2.80. The summed E-state index contributed by atoms with van der Waals surface area (Å²) in [7, 11) is 1.94. The van der Waals surface area contributed by atoms with Crippen LogP contribution in [0.5, 0.6) is 0 Å². The number of benzene rings is 1. The molecular weight excluding hydrogens is 188 g/mol. The molecule has 0 aliphatic heterocycles. The highest BCUT2D eigenvalue weighted by Gasteiger charge is 2.08. The highest BCUT2D eigenvalue weighted by Crippen LogP contribution is 2.09. The van der Waals surface area contributed by atoms with Crippen molar-refractivity contribution in [2.75, 3.05) is 0 Å². The van der Waals surface area contributed by atoms with E-state index in [2.05, 4.69) is 6.92 Å². The number of hydrogen-bond acceptors (Lipinski definition) is 1. The van der Waals surface area contributed by atoms with E-state index in [0.29, 0.717) is 0 Å². The Morgan fingerprint density at radius 3 is 2.67 bits per heavy atom. The van der Waals surface area contributed by atoms with Crippen molar-refractivity contribution in [1.82, 2.24) is 9.36 Å². The molecule has 0 saturated carbocycles. The molecule has 15 heavy (non-hydrogen) atoms. The SMILES string of the molecule is CCCCn1c(=O)c2ccccc2n1C. The molecule has 1 aromatic heterocycles. The summed E-state index contributed by atoms with van der Waals surface area (Å²) < 4.78 is 3.77. The Bertz CT molecular complexity index is 522. The monoisotopic (exact) mass is 204 g/mol. The fourth-order valence-corrected chi connectivity index (χ4v) is 1.90. The molecule has 0 spiro atoms. The zero-order chi connectivity index (χ0) is 10.8. The first-order valence-electron chi connectivity index (χ1n) is 5.40. The first-order valence-corrected chi connectivity index (χ1v) is 5.40. The number of nitrogens with zero attached hydrogens (tertiary/aromatic N) is 2. The zero-order valence-corrected chi connectivity index (χ0v) is 9.23. The van der Waals surface area contributed by atoms with Crippen molar-refractivity contribution in [3.63, 3.8) is 0 Å². The van der Waals surface area contributed by atoms with E-state index >= 15 is 0 Å². The molecule has 3 heteroatoms. The maximum Gasteiger partial charge on any atom is 0.274 e. The predicted octanol–water partition coefficient (Wildman–Crippen LogP) is 2.14. The van der Waals surface area contributed by atoms with E-state index in [1.165, 1.54) is 0 Å². The molecule has 1 aromatic carbocycles. The molecule has 0 atom stereocenters. The van der Waals surface area contributed by atoms with Gasteiger partial charge in [-0.25, -0.2) is 4.68 Å². The van der Waals surface area contributed by atoms with Gasteiger partial charge in [-0.3, -0.25) is 9.48 Å². The van der Waals surface area contributed by atoms with Gasteiger partial charge >= 0.3 is 0 Å². The van der Waals surface area contributed by atoms with Crippen molar-refractivity contribution in [2.24, 2.45) is 7.05 Å². The molecule has 0 fully saturated rings. The Kier molecular flexibility index (Phi) is 2.62. The van der Waals surface area contributed by atoms with Gasteiger partial charge in [0.05, 0.1) is 10.9 Å². The fraction of sp³-hybridized carbons (Fsp3) is 0.417. The summed E-state index contributed by atoms with van der Waals surface area (Å²) in [5.74, 6) is 0. The topological polar surface area (TPSA) is 26.9 Å². The molecule has 3 nitrogen and oxygen atoms in total. The third kappa shape index (κ3) is 1.58. The number of unbranched alkanes of at least 4 members (excludes halogenated alkanes) is 1. The van der Waals surface area contributed by atoms with Gasteiger partial charge in [0, 0.05) is 13.6 Å². The molecule has 0 bridgehead atoms. The average molecular weight is 204 g/mol. The molecule has 0 saturated heterocycles. The second-order valence-corrected chi connectivity index (χ2v) is 3.82. The van der Waals surface area contributed by atoms with Crippen molar-refractivity contribution >= 4 is 10.9 Å². The molecular formula is C12H16N2O. The normalized spacial score (nSPS) is 11.1. The third-order valence-corrected chi connectivity index (χ3v) is 2.80. The van der Waals surface area contributed by atoms with E-state index in [1.54, 1.807) is 0 Å². The van der Waals surface area contributed by atoms with E-state index < -0.39 is 0 Å². The van der Waals surface area contributed by atoms with Crippen molar-refractivity contribution in [3.8, 4) is 0 Å². The first kappa shape index (κ1) is 10.0. The molecule has 0 amide bonds. The summed E-state index contributed by atoms with van der Waals surface area (Å²) >= 11 is 0. The fourth-order valence-electron chi connectivity index (χ4n) is 1.90. The van der Waals surface area contributed by atoms with Gasteiger partial charge in [-0.15, -0.1) is 0 Å². The largest absolute Gasteiger partial charge is 0.285 e. The lowest BCUT2D eigenvalue weighted by molar-refractivity contribution is 0.484. The molecule has 80 valence electrons. The maximum atomic E-state index is 12.0. The Labute approximate surface area is 88.9 Å². The predicted molar refractivity (Wildman–Crippen MR) is 62.1 cm³/mol. The molecule has 0 aliphatic rings. The summed E-state index contributed by atoms with van der Waals surface area (Å²) in [5.41, 5.74) is 1.14.